The average molecular weight is 338 g/mol. The zero-order valence-corrected chi connectivity index (χ0v) is 14.3. The molecule has 7 heteroatoms. The van der Waals surface area contributed by atoms with Gasteiger partial charge < -0.3 is 4.74 Å². The van der Waals surface area contributed by atoms with Crippen LogP contribution < -0.4 is 9.46 Å². The van der Waals surface area contributed by atoms with Crippen molar-refractivity contribution in [3.8, 4) is 5.75 Å². The number of aromatic nitrogens is 1. The van der Waals surface area contributed by atoms with Crippen LogP contribution in [0.2, 0.25) is 0 Å². The minimum atomic E-state index is -3.56. The summed E-state index contributed by atoms with van der Waals surface area (Å²) in [5.74, 6) is 0.779. The molecule has 0 bridgehead atoms. The number of aryl methyl sites for hydroxylation is 2. The summed E-state index contributed by atoms with van der Waals surface area (Å²) in [5, 5.41) is 0.938. The van der Waals surface area contributed by atoms with Gasteiger partial charge in [-0.05, 0) is 44.5 Å². The maximum atomic E-state index is 12.6. The molecule has 118 valence electrons. The Balaban J connectivity index is 1.86. The SMILES string of the molecule is Cc1nc(C)c([C@@H](C)NS(=O)(=O)c2ccc3c(c2)CCO3)s1. The quantitative estimate of drug-likeness (QED) is 0.931. The number of rotatable bonds is 4. The van der Waals surface area contributed by atoms with Gasteiger partial charge in [-0.15, -0.1) is 11.3 Å². The minimum Gasteiger partial charge on any atom is -0.493 e. The lowest BCUT2D eigenvalue weighted by Crippen LogP contribution is -2.26. The first kappa shape index (κ1) is 15.5. The van der Waals surface area contributed by atoms with Crippen molar-refractivity contribution >= 4 is 21.4 Å². The van der Waals surface area contributed by atoms with Crippen molar-refractivity contribution in [3.63, 3.8) is 0 Å². The third-order valence-electron chi connectivity index (χ3n) is 3.64. The van der Waals surface area contributed by atoms with Crippen LogP contribution >= 0.6 is 11.3 Å². The van der Waals surface area contributed by atoms with Crippen molar-refractivity contribution in [1.82, 2.24) is 9.71 Å². The van der Waals surface area contributed by atoms with Crippen molar-refractivity contribution in [3.05, 3.63) is 39.3 Å². The number of thiazole rings is 1. The molecule has 0 unspecified atom stereocenters. The number of sulfonamides is 1. The fourth-order valence-corrected chi connectivity index (χ4v) is 4.90. The van der Waals surface area contributed by atoms with Gasteiger partial charge in [-0.1, -0.05) is 0 Å². The molecule has 0 aliphatic carbocycles. The molecule has 0 saturated heterocycles. The van der Waals surface area contributed by atoms with Crippen molar-refractivity contribution in [1.29, 1.82) is 0 Å². The van der Waals surface area contributed by atoms with E-state index in [0.29, 0.717) is 6.61 Å². The predicted molar refractivity (Wildman–Crippen MR) is 86.0 cm³/mol. The summed E-state index contributed by atoms with van der Waals surface area (Å²) < 4.78 is 33.3. The van der Waals surface area contributed by atoms with E-state index < -0.39 is 10.0 Å². The Kier molecular flexibility index (Phi) is 3.96. The Hall–Kier alpha value is -1.44. The molecule has 0 fully saturated rings. The second-order valence-corrected chi connectivity index (χ2v) is 8.34. The molecule has 1 aliphatic heterocycles. The van der Waals surface area contributed by atoms with Crippen LogP contribution in [0, 0.1) is 13.8 Å². The number of nitrogens with one attached hydrogen (secondary N) is 1. The number of nitrogens with zero attached hydrogens (tertiary/aromatic N) is 1. The lowest BCUT2D eigenvalue weighted by molar-refractivity contribution is 0.356. The Labute approximate surface area is 134 Å². The molecule has 0 spiro atoms. The van der Waals surface area contributed by atoms with Gasteiger partial charge in [0.1, 0.15) is 5.75 Å². The molecule has 1 aromatic carbocycles. The van der Waals surface area contributed by atoms with E-state index >= 15 is 0 Å². The summed E-state index contributed by atoms with van der Waals surface area (Å²) in [6.07, 6.45) is 0.751. The van der Waals surface area contributed by atoms with Crippen LogP contribution in [-0.4, -0.2) is 20.0 Å². The first-order chi connectivity index (χ1) is 10.4. The van der Waals surface area contributed by atoms with E-state index in [1.54, 1.807) is 18.2 Å². The first-order valence-corrected chi connectivity index (χ1v) is 9.39. The predicted octanol–water partition coefficient (Wildman–Crippen LogP) is 2.73. The highest BCUT2D eigenvalue weighted by molar-refractivity contribution is 7.89. The Bertz CT molecular complexity index is 812. The Morgan fingerprint density at radius 2 is 2.14 bits per heavy atom. The van der Waals surface area contributed by atoms with Crippen LogP contribution in [0.3, 0.4) is 0 Å². The second-order valence-electron chi connectivity index (χ2n) is 5.39. The Morgan fingerprint density at radius 3 is 2.82 bits per heavy atom. The number of fused-ring (bicyclic) bond motifs is 1. The van der Waals surface area contributed by atoms with Gasteiger partial charge in [-0.2, -0.15) is 0 Å². The highest BCUT2D eigenvalue weighted by atomic mass is 32.2. The van der Waals surface area contributed by atoms with E-state index in [2.05, 4.69) is 9.71 Å². The summed E-state index contributed by atoms with van der Waals surface area (Å²) in [6, 6.07) is 4.70. The van der Waals surface area contributed by atoms with Crippen LogP contribution in [0.15, 0.2) is 23.1 Å². The van der Waals surface area contributed by atoms with Gasteiger partial charge in [0, 0.05) is 11.3 Å². The molecule has 0 saturated carbocycles. The van der Waals surface area contributed by atoms with Gasteiger partial charge in [0.15, 0.2) is 0 Å². The summed E-state index contributed by atoms with van der Waals surface area (Å²) in [5.41, 5.74) is 1.82. The first-order valence-electron chi connectivity index (χ1n) is 7.09. The van der Waals surface area contributed by atoms with E-state index in [-0.39, 0.29) is 10.9 Å². The highest BCUT2D eigenvalue weighted by Gasteiger charge is 2.23. The average Bonchev–Trinajstić information content (AvgIpc) is 3.03. The standard InChI is InChI=1S/C15H18N2O3S2/c1-9-15(21-11(3)16-9)10(2)17-22(18,19)13-4-5-14-12(8-13)6-7-20-14/h4-5,8,10,17H,6-7H2,1-3H3/t10-/m1/s1. The van der Waals surface area contributed by atoms with Gasteiger partial charge in [0.25, 0.3) is 0 Å². The summed E-state index contributed by atoms with van der Waals surface area (Å²) >= 11 is 1.52. The molecule has 1 atom stereocenters. The molecule has 22 heavy (non-hydrogen) atoms. The Morgan fingerprint density at radius 1 is 1.36 bits per heavy atom. The molecule has 5 nitrogen and oxygen atoms in total. The van der Waals surface area contributed by atoms with E-state index in [1.807, 2.05) is 20.8 Å². The molecule has 0 amide bonds. The summed E-state index contributed by atoms with van der Waals surface area (Å²) in [4.78, 5) is 5.58. The van der Waals surface area contributed by atoms with Gasteiger partial charge in [-0.25, -0.2) is 18.1 Å². The van der Waals surface area contributed by atoms with Gasteiger partial charge in [-0.3, -0.25) is 0 Å². The fourth-order valence-electron chi connectivity index (χ4n) is 2.63. The van der Waals surface area contributed by atoms with Crippen LogP contribution in [0.4, 0.5) is 0 Å². The molecular formula is C15H18N2O3S2. The highest BCUT2D eigenvalue weighted by Crippen LogP contribution is 2.29. The number of hydrogen-bond donors (Lipinski definition) is 1. The number of benzene rings is 1. The van der Waals surface area contributed by atoms with Gasteiger partial charge in [0.2, 0.25) is 10.0 Å². The lowest BCUT2D eigenvalue weighted by atomic mass is 10.2. The fraction of sp³-hybridized carbons (Fsp3) is 0.400. The second kappa shape index (κ2) is 5.64. The molecular weight excluding hydrogens is 320 g/mol. The summed E-state index contributed by atoms with van der Waals surface area (Å²) in [7, 11) is -3.56. The lowest BCUT2D eigenvalue weighted by Gasteiger charge is -2.14. The molecule has 1 aliphatic rings. The van der Waals surface area contributed by atoms with E-state index in [1.165, 1.54) is 11.3 Å². The third kappa shape index (κ3) is 2.88. The maximum Gasteiger partial charge on any atom is 0.241 e. The van der Waals surface area contributed by atoms with Crippen molar-refractivity contribution < 1.29 is 13.2 Å². The molecule has 2 aromatic rings. The molecule has 0 radical (unpaired) electrons. The van der Waals surface area contributed by atoms with Crippen LogP contribution in [-0.2, 0) is 16.4 Å². The number of hydrogen-bond acceptors (Lipinski definition) is 5. The van der Waals surface area contributed by atoms with Gasteiger partial charge >= 0.3 is 0 Å². The molecule has 3 rings (SSSR count). The maximum absolute atomic E-state index is 12.6. The normalized spacial score (nSPS) is 15.4. The number of ether oxygens (including phenoxy) is 1. The summed E-state index contributed by atoms with van der Waals surface area (Å²) in [6.45, 7) is 6.27. The van der Waals surface area contributed by atoms with Crippen LogP contribution in [0.5, 0.6) is 5.75 Å². The van der Waals surface area contributed by atoms with E-state index in [9.17, 15) is 8.42 Å². The molecule has 2 heterocycles. The zero-order valence-electron chi connectivity index (χ0n) is 12.7. The molecule has 1 aromatic heterocycles. The van der Waals surface area contributed by atoms with Crippen molar-refractivity contribution in [2.24, 2.45) is 0 Å². The van der Waals surface area contributed by atoms with Crippen molar-refractivity contribution in [2.45, 2.75) is 38.1 Å². The zero-order chi connectivity index (χ0) is 15.9. The van der Waals surface area contributed by atoms with Crippen LogP contribution in [0.25, 0.3) is 0 Å². The third-order valence-corrected chi connectivity index (χ3v) is 6.43. The van der Waals surface area contributed by atoms with Gasteiger partial charge in [0.05, 0.1) is 28.2 Å². The largest absolute Gasteiger partial charge is 0.493 e. The van der Waals surface area contributed by atoms with E-state index in [0.717, 1.165) is 33.3 Å². The van der Waals surface area contributed by atoms with Crippen molar-refractivity contribution in [2.75, 3.05) is 6.61 Å². The smallest absolute Gasteiger partial charge is 0.241 e. The minimum absolute atomic E-state index is 0.280. The molecule has 1 N–H and O–H groups in total. The van der Waals surface area contributed by atoms with E-state index in [4.69, 9.17) is 4.74 Å². The van der Waals surface area contributed by atoms with Crippen LogP contribution in [0.1, 0.15) is 34.1 Å². The topological polar surface area (TPSA) is 68.3 Å². The monoisotopic (exact) mass is 338 g/mol.